The Balaban J connectivity index is 1.24. The van der Waals surface area contributed by atoms with Gasteiger partial charge in [-0.3, -0.25) is 9.59 Å². The van der Waals surface area contributed by atoms with Gasteiger partial charge in [0.25, 0.3) is 11.8 Å². The van der Waals surface area contributed by atoms with Gasteiger partial charge >= 0.3 is 0 Å². The molecule has 0 saturated carbocycles. The lowest BCUT2D eigenvalue weighted by molar-refractivity contribution is -0.214. The summed E-state index contributed by atoms with van der Waals surface area (Å²) in [4.78, 5) is 44.6. The molecule has 240 valence electrons. The minimum Gasteiger partial charge on any atom is -0.486 e. The van der Waals surface area contributed by atoms with Crippen molar-refractivity contribution in [3.05, 3.63) is 47.2 Å². The molecule has 15 nitrogen and oxygen atoms in total. The number of aromatic nitrogens is 3. The number of fused-ring (bicyclic) bond motifs is 1. The van der Waals surface area contributed by atoms with Crippen molar-refractivity contribution in [2.45, 2.75) is 63.8 Å². The smallest absolute Gasteiger partial charge is 0.276 e. The maximum absolute atomic E-state index is 13.3. The summed E-state index contributed by atoms with van der Waals surface area (Å²) in [5.41, 5.74) is 13.4. The standard InChI is InChI=1S/C28H35N9O6S2/c1-15(20-7-6-17-11-16(5-8-21(17)41-20)18-12-32-27(33-13-18)31-10-4-9-29)42-36-22(19-14-44-26(30)34-19)24(38)35-23-25(39)37(43-45-40)28(23,2)3/h5,8,11-15,20,23,40H,4,6-7,9-10,29H2,1-3H3,(H2,30,34)(H,35,38)(H,31,32,33)/b36-22-. The van der Waals surface area contributed by atoms with Gasteiger partial charge in [-0.2, -0.15) is 9.35 Å². The Kier molecular flexibility index (Phi) is 10.0. The highest BCUT2D eigenvalue weighted by molar-refractivity contribution is 7.88. The second kappa shape index (κ2) is 13.9. The van der Waals surface area contributed by atoms with E-state index in [2.05, 4.69) is 36.8 Å². The van der Waals surface area contributed by atoms with Gasteiger partial charge in [0.1, 0.15) is 23.6 Å². The van der Waals surface area contributed by atoms with Crippen molar-refractivity contribution in [1.82, 2.24) is 25.3 Å². The summed E-state index contributed by atoms with van der Waals surface area (Å²) in [6, 6.07) is 5.01. The number of anilines is 2. The molecule has 3 unspecified atom stereocenters. The summed E-state index contributed by atoms with van der Waals surface area (Å²) in [5.74, 6) is 0.0876. The zero-order valence-corrected chi connectivity index (χ0v) is 26.6. The number of carbonyl (C=O) groups is 2. The van der Waals surface area contributed by atoms with E-state index in [-0.39, 0.29) is 35.0 Å². The third kappa shape index (κ3) is 7.12. The van der Waals surface area contributed by atoms with E-state index in [4.69, 9.17) is 29.9 Å². The molecule has 17 heteroatoms. The fourth-order valence-corrected chi connectivity index (χ4v) is 5.83. The van der Waals surface area contributed by atoms with Crippen LogP contribution in [0.5, 0.6) is 5.75 Å². The van der Waals surface area contributed by atoms with Gasteiger partial charge in [-0.25, -0.2) is 15.0 Å². The van der Waals surface area contributed by atoms with Crippen molar-refractivity contribution in [3.63, 3.8) is 0 Å². The third-order valence-corrected chi connectivity index (χ3v) is 8.45. The Morgan fingerprint density at radius 3 is 2.78 bits per heavy atom. The summed E-state index contributed by atoms with van der Waals surface area (Å²) < 4.78 is 20.1. The van der Waals surface area contributed by atoms with Crippen LogP contribution in [0.15, 0.2) is 41.1 Å². The van der Waals surface area contributed by atoms with E-state index in [0.29, 0.717) is 25.5 Å². The number of nitrogens with one attached hydrogen (secondary N) is 2. The molecule has 0 radical (unpaired) electrons. The zero-order valence-electron chi connectivity index (χ0n) is 24.9. The van der Waals surface area contributed by atoms with E-state index in [0.717, 1.165) is 51.7 Å². The average Bonchev–Trinajstić information content (AvgIpc) is 3.47. The number of hydroxylamine groups is 2. The van der Waals surface area contributed by atoms with Crippen LogP contribution in [0.4, 0.5) is 11.1 Å². The first kappa shape index (κ1) is 32.4. The summed E-state index contributed by atoms with van der Waals surface area (Å²) in [7, 11) is 0. The molecule has 1 fully saturated rings. The van der Waals surface area contributed by atoms with Gasteiger partial charge in [0.15, 0.2) is 29.3 Å². The zero-order chi connectivity index (χ0) is 32.1. The van der Waals surface area contributed by atoms with E-state index in [1.807, 2.05) is 12.1 Å². The van der Waals surface area contributed by atoms with Gasteiger partial charge in [0.05, 0.1) is 5.54 Å². The number of nitrogen functional groups attached to an aromatic ring is 1. The van der Waals surface area contributed by atoms with Crippen LogP contribution in [0, 0.1) is 0 Å². The highest BCUT2D eigenvalue weighted by atomic mass is 32.2. The molecular formula is C28H35N9O6S2. The summed E-state index contributed by atoms with van der Waals surface area (Å²) in [5, 5.41) is 12.8. The fourth-order valence-electron chi connectivity index (χ4n) is 4.95. The van der Waals surface area contributed by atoms with Crippen LogP contribution in [0.2, 0.25) is 0 Å². The molecule has 3 atom stereocenters. The van der Waals surface area contributed by atoms with Crippen molar-refractivity contribution in [2.24, 2.45) is 10.9 Å². The molecular weight excluding hydrogens is 622 g/mol. The van der Waals surface area contributed by atoms with Crippen LogP contribution in [-0.4, -0.2) is 79.0 Å². The molecule has 2 aromatic heterocycles. The minimum atomic E-state index is -0.929. The normalized spacial score (nSPS) is 19.6. The quantitative estimate of drug-likeness (QED) is 0.0589. The van der Waals surface area contributed by atoms with Gasteiger partial charge in [-0.05, 0) is 69.8 Å². The number of nitrogens with zero attached hydrogens (tertiary/aromatic N) is 5. The number of β-lactam (4-membered cyclic amide) rings is 1. The maximum Gasteiger partial charge on any atom is 0.276 e. The molecule has 45 heavy (non-hydrogen) atoms. The van der Waals surface area contributed by atoms with Crippen molar-refractivity contribution >= 4 is 52.3 Å². The van der Waals surface area contributed by atoms with E-state index < -0.39 is 29.5 Å². The number of carbonyl (C=O) groups excluding carboxylic acids is 2. The van der Waals surface area contributed by atoms with Crippen LogP contribution in [0.25, 0.3) is 11.1 Å². The lowest BCUT2D eigenvalue weighted by Gasteiger charge is -2.50. The molecule has 2 aliphatic rings. The Hall–Kier alpha value is -4.03. The van der Waals surface area contributed by atoms with Gasteiger partial charge < -0.3 is 36.2 Å². The number of nitrogens with two attached hydrogens (primary N) is 2. The number of oxime groups is 1. The van der Waals surface area contributed by atoms with Gasteiger partial charge in [0, 0.05) is 29.9 Å². The molecule has 4 heterocycles. The van der Waals surface area contributed by atoms with Crippen molar-refractivity contribution in [1.29, 1.82) is 0 Å². The number of benzene rings is 1. The van der Waals surface area contributed by atoms with Crippen molar-refractivity contribution in [2.75, 3.05) is 24.1 Å². The topological polar surface area (TPSA) is 212 Å². The highest BCUT2D eigenvalue weighted by Crippen LogP contribution is 2.35. The van der Waals surface area contributed by atoms with E-state index in [1.165, 1.54) is 0 Å². The van der Waals surface area contributed by atoms with E-state index in [1.54, 1.807) is 38.5 Å². The first-order chi connectivity index (χ1) is 21.6. The monoisotopic (exact) mass is 657 g/mol. The summed E-state index contributed by atoms with van der Waals surface area (Å²) in [6.07, 6.45) is 4.93. The third-order valence-electron chi connectivity index (χ3n) is 7.56. The largest absolute Gasteiger partial charge is 0.486 e. The van der Waals surface area contributed by atoms with E-state index in [9.17, 15) is 9.59 Å². The Morgan fingerprint density at radius 2 is 2.11 bits per heavy atom. The number of aryl methyl sites for hydroxylation is 1. The van der Waals surface area contributed by atoms with Gasteiger partial charge in [-0.1, -0.05) is 11.2 Å². The second-order valence-electron chi connectivity index (χ2n) is 11.0. The van der Waals surface area contributed by atoms with Gasteiger partial charge in [0.2, 0.25) is 5.95 Å². The molecule has 2 aliphatic heterocycles. The number of hydrogen-bond acceptors (Lipinski definition) is 15. The number of hydrogen-bond donors (Lipinski definition) is 5. The van der Waals surface area contributed by atoms with Crippen molar-refractivity contribution < 1.29 is 28.0 Å². The Morgan fingerprint density at radius 1 is 1.33 bits per heavy atom. The molecule has 1 aromatic carbocycles. The molecule has 7 N–H and O–H groups in total. The predicted octanol–water partition coefficient (Wildman–Crippen LogP) is 2.60. The number of amides is 2. The second-order valence-corrected chi connectivity index (χ2v) is 12.2. The van der Waals surface area contributed by atoms with E-state index >= 15 is 0 Å². The maximum atomic E-state index is 13.3. The minimum absolute atomic E-state index is 0.0458. The van der Waals surface area contributed by atoms with Crippen LogP contribution in [0.3, 0.4) is 0 Å². The van der Waals surface area contributed by atoms with Crippen LogP contribution < -0.4 is 26.8 Å². The van der Waals surface area contributed by atoms with Crippen LogP contribution in [0.1, 0.15) is 44.9 Å². The Bertz CT molecular complexity index is 1550. The Labute approximate surface area is 268 Å². The SMILES string of the molecule is CC(O/N=C(\C(=O)NC1C(=O)N(OSO)C1(C)C)c1csc(N)n1)C1CCc2cc(-c3cnc(NCCCN)nc3)ccc2O1. The molecule has 3 aromatic rings. The van der Waals surface area contributed by atoms with Crippen molar-refractivity contribution in [3.8, 4) is 16.9 Å². The predicted molar refractivity (Wildman–Crippen MR) is 170 cm³/mol. The number of ether oxygens (including phenoxy) is 1. The first-order valence-electron chi connectivity index (χ1n) is 14.3. The molecule has 0 bridgehead atoms. The molecule has 5 rings (SSSR count). The molecule has 2 amide bonds. The summed E-state index contributed by atoms with van der Waals surface area (Å²) >= 11 is 1.19. The number of thiazole rings is 1. The van der Waals surface area contributed by atoms with Gasteiger partial charge in [-0.15, -0.1) is 11.3 Å². The highest BCUT2D eigenvalue weighted by Gasteiger charge is 2.57. The molecule has 1 saturated heterocycles. The lowest BCUT2D eigenvalue weighted by Crippen LogP contribution is -2.76. The van der Waals surface area contributed by atoms with Crippen LogP contribution in [-0.2, 0) is 25.1 Å². The average molecular weight is 658 g/mol. The lowest BCUT2D eigenvalue weighted by atomic mass is 9.84. The molecule has 0 spiro atoms. The molecule has 0 aliphatic carbocycles. The summed E-state index contributed by atoms with van der Waals surface area (Å²) in [6.45, 7) is 6.49. The van der Waals surface area contributed by atoms with Crippen LogP contribution >= 0.6 is 23.7 Å². The number of rotatable bonds is 13. The first-order valence-corrected chi connectivity index (χ1v) is 15.8. The fraction of sp³-hybridized carbons (Fsp3) is 0.429.